The van der Waals surface area contributed by atoms with Crippen molar-refractivity contribution in [3.05, 3.63) is 38.9 Å². The van der Waals surface area contributed by atoms with Crippen LogP contribution in [0.3, 0.4) is 0 Å². The highest BCUT2D eigenvalue weighted by Gasteiger charge is 2.42. The number of nitrogens with zero attached hydrogens (tertiary/aromatic N) is 3. The standard InChI is InChI=1S/C16H17F3N4S2/c1-7-6-11(13(20)24)8(2)9(3)12(7)23-15(25)22(10-4-5-10)14(21-23)16(17,18)19/h6,10H,4-5H2,1-3H3,(H2,20,24). The van der Waals surface area contributed by atoms with Gasteiger partial charge in [0.1, 0.15) is 4.99 Å². The maximum atomic E-state index is 13.4. The molecule has 1 aliphatic carbocycles. The summed E-state index contributed by atoms with van der Waals surface area (Å²) in [5, 5.41) is 3.84. The van der Waals surface area contributed by atoms with Crippen molar-refractivity contribution in [1.29, 1.82) is 0 Å². The molecule has 2 aromatic rings. The fourth-order valence-corrected chi connectivity index (χ4v) is 3.61. The van der Waals surface area contributed by atoms with Crippen molar-refractivity contribution in [3.8, 4) is 5.69 Å². The summed E-state index contributed by atoms with van der Waals surface area (Å²) in [6.45, 7) is 5.43. The van der Waals surface area contributed by atoms with Crippen LogP contribution in [0.2, 0.25) is 0 Å². The summed E-state index contributed by atoms with van der Waals surface area (Å²) in [5.41, 5.74) is 9.28. The largest absolute Gasteiger partial charge is 0.451 e. The first kappa shape index (κ1) is 18.1. The molecule has 0 bridgehead atoms. The molecule has 134 valence electrons. The van der Waals surface area contributed by atoms with Crippen LogP contribution in [-0.4, -0.2) is 19.3 Å². The molecule has 0 spiro atoms. The Morgan fingerprint density at radius 1 is 1.24 bits per heavy atom. The van der Waals surface area contributed by atoms with Gasteiger partial charge in [-0.15, -0.1) is 5.10 Å². The van der Waals surface area contributed by atoms with Crippen molar-refractivity contribution in [2.75, 3.05) is 0 Å². The number of halogens is 3. The fraction of sp³-hybridized carbons (Fsp3) is 0.438. The molecule has 1 aromatic carbocycles. The Morgan fingerprint density at radius 3 is 2.32 bits per heavy atom. The molecule has 1 aliphatic rings. The molecule has 1 fully saturated rings. The van der Waals surface area contributed by atoms with Crippen LogP contribution < -0.4 is 5.73 Å². The number of aromatic nitrogens is 3. The first-order chi connectivity index (χ1) is 11.5. The van der Waals surface area contributed by atoms with Crippen molar-refractivity contribution in [1.82, 2.24) is 14.3 Å². The van der Waals surface area contributed by atoms with Crippen molar-refractivity contribution in [2.45, 2.75) is 45.8 Å². The molecule has 1 heterocycles. The normalized spacial score (nSPS) is 14.8. The molecule has 0 aliphatic heterocycles. The maximum Gasteiger partial charge on any atom is 0.451 e. The van der Waals surface area contributed by atoms with Crippen molar-refractivity contribution < 1.29 is 13.2 Å². The van der Waals surface area contributed by atoms with E-state index in [4.69, 9.17) is 30.2 Å². The number of benzene rings is 1. The lowest BCUT2D eigenvalue weighted by molar-refractivity contribution is -0.147. The Labute approximate surface area is 153 Å². The van der Waals surface area contributed by atoms with Gasteiger partial charge in [-0.2, -0.15) is 13.2 Å². The number of rotatable bonds is 3. The average Bonchev–Trinajstić information content (AvgIpc) is 3.26. The van der Waals surface area contributed by atoms with Crippen LogP contribution in [0.25, 0.3) is 5.69 Å². The van der Waals surface area contributed by atoms with E-state index >= 15 is 0 Å². The molecule has 0 saturated heterocycles. The Morgan fingerprint density at radius 2 is 1.84 bits per heavy atom. The summed E-state index contributed by atoms with van der Waals surface area (Å²) < 4.78 is 42.7. The third-order valence-corrected chi connectivity index (χ3v) is 5.10. The van der Waals surface area contributed by atoms with Gasteiger partial charge in [-0.1, -0.05) is 12.2 Å². The molecule has 2 N–H and O–H groups in total. The predicted octanol–water partition coefficient (Wildman–Crippen LogP) is 4.32. The second kappa shape index (κ2) is 5.91. The quantitative estimate of drug-likeness (QED) is 0.799. The molecule has 1 aromatic heterocycles. The topological polar surface area (TPSA) is 48.8 Å². The lowest BCUT2D eigenvalue weighted by atomic mass is 9.97. The predicted molar refractivity (Wildman–Crippen MR) is 95.8 cm³/mol. The average molecular weight is 386 g/mol. The SMILES string of the molecule is Cc1cc(C(N)=S)c(C)c(C)c1-n1nc(C(F)(F)F)n(C2CC2)c1=S. The van der Waals surface area contributed by atoms with E-state index < -0.39 is 12.0 Å². The lowest BCUT2D eigenvalue weighted by Gasteiger charge is -2.16. The summed E-state index contributed by atoms with van der Waals surface area (Å²) in [7, 11) is 0. The van der Waals surface area contributed by atoms with Gasteiger partial charge in [0.25, 0.3) is 0 Å². The number of thiocarbonyl (C=S) groups is 1. The fourth-order valence-electron chi connectivity index (χ4n) is 3.03. The van der Waals surface area contributed by atoms with Crippen molar-refractivity contribution >= 4 is 29.4 Å². The van der Waals surface area contributed by atoms with E-state index in [0.717, 1.165) is 21.3 Å². The van der Waals surface area contributed by atoms with Gasteiger partial charge in [-0.3, -0.25) is 4.57 Å². The van der Waals surface area contributed by atoms with Gasteiger partial charge >= 0.3 is 6.18 Å². The van der Waals surface area contributed by atoms with Crippen LogP contribution >= 0.6 is 24.4 Å². The van der Waals surface area contributed by atoms with E-state index in [1.165, 1.54) is 4.68 Å². The van der Waals surface area contributed by atoms with Crippen LogP contribution in [0.1, 0.15) is 47.0 Å². The number of aryl methyl sites for hydroxylation is 1. The third-order valence-electron chi connectivity index (χ3n) is 4.51. The summed E-state index contributed by atoms with van der Waals surface area (Å²) in [4.78, 5) is 0.248. The molecular weight excluding hydrogens is 369 g/mol. The Hall–Kier alpha value is -1.74. The van der Waals surface area contributed by atoms with E-state index in [2.05, 4.69) is 5.10 Å². The number of hydrogen-bond acceptors (Lipinski definition) is 3. The Balaban J connectivity index is 2.30. The van der Waals surface area contributed by atoms with Gasteiger partial charge in [-0.05, 0) is 68.6 Å². The zero-order valence-electron chi connectivity index (χ0n) is 13.9. The van der Waals surface area contributed by atoms with Gasteiger partial charge in [0.05, 0.1) is 5.69 Å². The summed E-state index contributed by atoms with van der Waals surface area (Å²) in [6.07, 6.45) is -3.20. The highest BCUT2D eigenvalue weighted by molar-refractivity contribution is 7.80. The minimum absolute atomic E-state index is 0.0588. The van der Waals surface area contributed by atoms with Gasteiger partial charge in [0.2, 0.25) is 10.6 Å². The smallest absolute Gasteiger partial charge is 0.389 e. The molecular formula is C16H17F3N4S2. The van der Waals surface area contributed by atoms with Crippen LogP contribution in [0.15, 0.2) is 6.07 Å². The van der Waals surface area contributed by atoms with E-state index in [0.29, 0.717) is 24.1 Å². The van der Waals surface area contributed by atoms with E-state index in [-0.39, 0.29) is 15.8 Å². The van der Waals surface area contributed by atoms with Crippen LogP contribution in [0.4, 0.5) is 13.2 Å². The van der Waals surface area contributed by atoms with Gasteiger partial charge in [0.15, 0.2) is 0 Å². The molecule has 9 heteroatoms. The first-order valence-electron chi connectivity index (χ1n) is 7.73. The molecule has 0 unspecified atom stereocenters. The lowest BCUT2D eigenvalue weighted by Crippen LogP contribution is -2.15. The molecule has 1 saturated carbocycles. The van der Waals surface area contributed by atoms with E-state index in [1.54, 1.807) is 13.0 Å². The second-order valence-corrected chi connectivity index (χ2v) is 7.13. The number of nitrogens with two attached hydrogens (primary N) is 1. The monoisotopic (exact) mass is 386 g/mol. The first-order valence-corrected chi connectivity index (χ1v) is 8.55. The molecule has 3 rings (SSSR count). The number of hydrogen-bond donors (Lipinski definition) is 1. The zero-order valence-corrected chi connectivity index (χ0v) is 15.6. The van der Waals surface area contributed by atoms with Gasteiger partial charge in [-0.25, -0.2) is 4.68 Å². The molecule has 4 nitrogen and oxygen atoms in total. The minimum atomic E-state index is -4.56. The van der Waals surface area contributed by atoms with Crippen molar-refractivity contribution in [2.24, 2.45) is 5.73 Å². The van der Waals surface area contributed by atoms with Crippen molar-refractivity contribution in [3.63, 3.8) is 0 Å². The Bertz CT molecular complexity index is 936. The summed E-state index contributed by atoms with van der Waals surface area (Å²) in [5.74, 6) is -0.949. The molecule has 0 amide bonds. The Kier molecular flexibility index (Phi) is 4.27. The highest BCUT2D eigenvalue weighted by atomic mass is 32.1. The molecule has 0 radical (unpaired) electrons. The minimum Gasteiger partial charge on any atom is -0.389 e. The maximum absolute atomic E-state index is 13.4. The van der Waals surface area contributed by atoms with E-state index in [1.807, 2.05) is 13.8 Å². The van der Waals surface area contributed by atoms with E-state index in [9.17, 15) is 13.2 Å². The number of alkyl halides is 3. The molecule has 25 heavy (non-hydrogen) atoms. The van der Waals surface area contributed by atoms with Crippen LogP contribution in [0.5, 0.6) is 0 Å². The van der Waals surface area contributed by atoms with Gasteiger partial charge in [0, 0.05) is 11.6 Å². The summed E-state index contributed by atoms with van der Waals surface area (Å²) in [6, 6.07) is 1.54. The van der Waals surface area contributed by atoms with Crippen LogP contribution in [0, 0.1) is 25.5 Å². The van der Waals surface area contributed by atoms with Crippen LogP contribution in [-0.2, 0) is 6.18 Å². The molecule has 0 atom stereocenters. The second-order valence-electron chi connectivity index (χ2n) is 6.32. The summed E-state index contributed by atoms with van der Waals surface area (Å²) >= 11 is 10.4. The third kappa shape index (κ3) is 2.99. The highest BCUT2D eigenvalue weighted by Crippen LogP contribution is 2.41. The zero-order chi connectivity index (χ0) is 18.7. The van der Waals surface area contributed by atoms with Gasteiger partial charge < -0.3 is 5.73 Å².